The van der Waals surface area contributed by atoms with Crippen molar-refractivity contribution in [1.29, 1.82) is 0 Å². The number of aromatic nitrogens is 3. The molecule has 1 aliphatic rings. The molecule has 1 fully saturated rings. The summed E-state index contributed by atoms with van der Waals surface area (Å²) in [6.07, 6.45) is 3.91. The second kappa shape index (κ2) is 9.49. The van der Waals surface area contributed by atoms with Gasteiger partial charge in [-0.25, -0.2) is 9.97 Å². The van der Waals surface area contributed by atoms with Crippen LogP contribution in [0.25, 0.3) is 11.0 Å². The number of likely N-dealkylation sites (N-methyl/N-ethyl adjacent to an activating group) is 1. The normalized spacial score (nSPS) is 14.9. The molecule has 2 aromatic heterocycles. The SMILES string of the molecule is CSCc1nc2ccccc2n1CC(=O)NCc1ccc(N2CCN(C)CC2)nc1. The van der Waals surface area contributed by atoms with Crippen molar-refractivity contribution >= 4 is 34.5 Å². The molecule has 4 rings (SSSR count). The van der Waals surface area contributed by atoms with E-state index in [0.717, 1.165) is 60.2 Å². The quantitative estimate of drug-likeness (QED) is 0.628. The van der Waals surface area contributed by atoms with E-state index in [-0.39, 0.29) is 12.5 Å². The molecule has 3 aromatic rings. The van der Waals surface area contributed by atoms with Crippen molar-refractivity contribution in [3.8, 4) is 0 Å². The van der Waals surface area contributed by atoms with Gasteiger partial charge in [0.15, 0.2) is 0 Å². The summed E-state index contributed by atoms with van der Waals surface area (Å²) in [5.41, 5.74) is 2.92. The number of pyridine rings is 1. The third-order valence-corrected chi connectivity index (χ3v) is 5.98. The predicted octanol–water partition coefficient (Wildman–Crippen LogP) is 2.36. The van der Waals surface area contributed by atoms with Gasteiger partial charge in [-0.15, -0.1) is 0 Å². The molecular weight excluding hydrogens is 396 g/mol. The Hall–Kier alpha value is -2.58. The molecule has 1 aromatic carbocycles. The second-order valence-corrected chi connectivity index (χ2v) is 8.49. The molecule has 1 N–H and O–H groups in total. The fourth-order valence-corrected chi connectivity index (χ4v) is 4.16. The third-order valence-electron chi connectivity index (χ3n) is 5.43. The van der Waals surface area contributed by atoms with E-state index in [9.17, 15) is 4.79 Å². The average Bonchev–Trinajstić information content (AvgIpc) is 3.11. The Morgan fingerprint density at radius 1 is 1.13 bits per heavy atom. The van der Waals surface area contributed by atoms with Crippen molar-refractivity contribution in [3.05, 3.63) is 54.0 Å². The molecule has 158 valence electrons. The number of hydrogen-bond donors (Lipinski definition) is 1. The van der Waals surface area contributed by atoms with Crippen LogP contribution >= 0.6 is 11.8 Å². The summed E-state index contributed by atoms with van der Waals surface area (Å²) in [5.74, 6) is 2.69. The first kappa shape index (κ1) is 20.7. The van der Waals surface area contributed by atoms with Gasteiger partial charge in [0.1, 0.15) is 18.2 Å². The lowest BCUT2D eigenvalue weighted by molar-refractivity contribution is -0.121. The summed E-state index contributed by atoms with van der Waals surface area (Å²) >= 11 is 1.70. The van der Waals surface area contributed by atoms with Crippen LogP contribution in [0.3, 0.4) is 0 Å². The Balaban J connectivity index is 1.36. The van der Waals surface area contributed by atoms with Crippen LogP contribution in [0, 0.1) is 0 Å². The Morgan fingerprint density at radius 3 is 2.67 bits per heavy atom. The molecule has 0 spiro atoms. The number of nitrogens with zero attached hydrogens (tertiary/aromatic N) is 5. The van der Waals surface area contributed by atoms with Gasteiger partial charge in [-0.05, 0) is 37.1 Å². The first-order valence-electron chi connectivity index (χ1n) is 10.2. The van der Waals surface area contributed by atoms with Crippen LogP contribution in [-0.2, 0) is 23.6 Å². The molecule has 1 saturated heterocycles. The predicted molar refractivity (Wildman–Crippen MR) is 123 cm³/mol. The molecule has 30 heavy (non-hydrogen) atoms. The minimum atomic E-state index is -0.0244. The van der Waals surface area contributed by atoms with Crippen molar-refractivity contribution in [2.75, 3.05) is 44.4 Å². The van der Waals surface area contributed by atoms with Crippen LogP contribution in [0.5, 0.6) is 0 Å². The zero-order valence-electron chi connectivity index (χ0n) is 17.5. The van der Waals surface area contributed by atoms with Crippen LogP contribution in [-0.4, -0.2) is 64.8 Å². The first-order valence-corrected chi connectivity index (χ1v) is 11.6. The monoisotopic (exact) mass is 424 g/mol. The maximum absolute atomic E-state index is 12.6. The van der Waals surface area contributed by atoms with Crippen molar-refractivity contribution < 1.29 is 4.79 Å². The van der Waals surface area contributed by atoms with Gasteiger partial charge < -0.3 is 19.7 Å². The highest BCUT2D eigenvalue weighted by Crippen LogP contribution is 2.19. The van der Waals surface area contributed by atoms with Crippen molar-refractivity contribution in [3.63, 3.8) is 0 Å². The van der Waals surface area contributed by atoms with Crippen LogP contribution < -0.4 is 10.2 Å². The van der Waals surface area contributed by atoms with E-state index in [2.05, 4.69) is 32.1 Å². The van der Waals surface area contributed by atoms with E-state index in [1.54, 1.807) is 11.8 Å². The molecule has 0 bridgehead atoms. The van der Waals surface area contributed by atoms with E-state index in [0.29, 0.717) is 6.54 Å². The van der Waals surface area contributed by atoms with Crippen LogP contribution in [0.4, 0.5) is 5.82 Å². The number of amides is 1. The summed E-state index contributed by atoms with van der Waals surface area (Å²) in [4.78, 5) is 26.5. The zero-order valence-corrected chi connectivity index (χ0v) is 18.4. The maximum atomic E-state index is 12.6. The number of fused-ring (bicyclic) bond motifs is 1. The highest BCUT2D eigenvalue weighted by atomic mass is 32.2. The molecule has 7 nitrogen and oxygen atoms in total. The van der Waals surface area contributed by atoms with Crippen LogP contribution in [0.1, 0.15) is 11.4 Å². The summed E-state index contributed by atoms with van der Waals surface area (Å²) < 4.78 is 2.01. The molecule has 0 radical (unpaired) electrons. The minimum absolute atomic E-state index is 0.0244. The van der Waals surface area contributed by atoms with Gasteiger partial charge in [0.2, 0.25) is 5.91 Å². The fraction of sp³-hybridized carbons (Fsp3) is 0.409. The van der Waals surface area contributed by atoms with Crippen LogP contribution in [0.15, 0.2) is 42.6 Å². The lowest BCUT2D eigenvalue weighted by Crippen LogP contribution is -2.44. The maximum Gasteiger partial charge on any atom is 0.240 e. The topological polar surface area (TPSA) is 66.3 Å². The Bertz CT molecular complexity index is 995. The lowest BCUT2D eigenvalue weighted by Gasteiger charge is -2.33. The third kappa shape index (κ3) is 4.76. The number of rotatable bonds is 7. The molecule has 0 saturated carbocycles. The number of benzene rings is 1. The molecule has 0 aliphatic carbocycles. The highest BCUT2D eigenvalue weighted by Gasteiger charge is 2.16. The molecule has 3 heterocycles. The number of para-hydroxylation sites is 2. The Morgan fingerprint density at radius 2 is 1.93 bits per heavy atom. The van der Waals surface area contributed by atoms with Gasteiger partial charge >= 0.3 is 0 Å². The number of anilines is 1. The first-order chi connectivity index (χ1) is 14.6. The Kier molecular flexibility index (Phi) is 6.54. The summed E-state index contributed by atoms with van der Waals surface area (Å²) in [6, 6.07) is 12.1. The largest absolute Gasteiger partial charge is 0.354 e. The summed E-state index contributed by atoms with van der Waals surface area (Å²) in [6.45, 7) is 4.85. The van der Waals surface area contributed by atoms with E-state index in [1.165, 1.54) is 0 Å². The van der Waals surface area contributed by atoms with Gasteiger partial charge in [-0.1, -0.05) is 18.2 Å². The number of carbonyl (C=O) groups excluding carboxylic acids is 1. The number of thioether (sulfide) groups is 1. The molecular formula is C22H28N6OS. The minimum Gasteiger partial charge on any atom is -0.354 e. The molecule has 8 heteroatoms. The Labute approximate surface area is 181 Å². The molecule has 1 amide bonds. The zero-order chi connectivity index (χ0) is 20.9. The van der Waals surface area contributed by atoms with Crippen molar-refractivity contribution in [2.24, 2.45) is 0 Å². The molecule has 0 unspecified atom stereocenters. The second-order valence-electron chi connectivity index (χ2n) is 7.63. The molecule has 0 atom stereocenters. The number of piperazine rings is 1. The highest BCUT2D eigenvalue weighted by molar-refractivity contribution is 7.97. The van der Waals surface area contributed by atoms with E-state index < -0.39 is 0 Å². The molecule has 1 aliphatic heterocycles. The summed E-state index contributed by atoms with van der Waals surface area (Å²) in [5, 5.41) is 3.02. The van der Waals surface area contributed by atoms with Gasteiger partial charge in [0, 0.05) is 38.9 Å². The number of nitrogens with one attached hydrogen (secondary N) is 1. The van der Waals surface area contributed by atoms with E-state index in [4.69, 9.17) is 0 Å². The van der Waals surface area contributed by atoms with E-state index >= 15 is 0 Å². The standard InChI is InChI=1S/C22H28N6OS/c1-26-9-11-27(12-10-26)20-8-7-17(13-23-20)14-24-22(29)15-28-19-6-4-3-5-18(19)25-21(28)16-30-2/h3-8,13H,9-12,14-16H2,1-2H3,(H,24,29). The van der Waals surface area contributed by atoms with E-state index in [1.807, 2.05) is 53.4 Å². The van der Waals surface area contributed by atoms with Gasteiger partial charge in [0.25, 0.3) is 0 Å². The van der Waals surface area contributed by atoms with Crippen molar-refractivity contribution in [1.82, 2.24) is 24.8 Å². The number of carbonyl (C=O) groups is 1. The van der Waals surface area contributed by atoms with Crippen LogP contribution in [0.2, 0.25) is 0 Å². The van der Waals surface area contributed by atoms with Gasteiger partial charge in [0.05, 0.1) is 16.8 Å². The average molecular weight is 425 g/mol. The smallest absolute Gasteiger partial charge is 0.240 e. The van der Waals surface area contributed by atoms with Gasteiger partial charge in [-0.3, -0.25) is 4.79 Å². The summed E-state index contributed by atoms with van der Waals surface area (Å²) in [7, 11) is 2.15. The van der Waals surface area contributed by atoms with Gasteiger partial charge in [-0.2, -0.15) is 11.8 Å². The number of hydrogen-bond acceptors (Lipinski definition) is 6. The number of imidazole rings is 1. The van der Waals surface area contributed by atoms with Crippen molar-refractivity contribution in [2.45, 2.75) is 18.8 Å². The fourth-order valence-electron chi connectivity index (χ4n) is 3.69. The lowest BCUT2D eigenvalue weighted by atomic mass is 10.2.